The lowest BCUT2D eigenvalue weighted by atomic mass is 10.1. The first-order valence-corrected chi connectivity index (χ1v) is 8.29. The molecule has 6 heteroatoms. The minimum Gasteiger partial charge on any atom is -0.322 e. The van der Waals surface area contributed by atoms with Gasteiger partial charge in [-0.05, 0) is 30.3 Å². The Hall–Kier alpha value is -3.18. The van der Waals surface area contributed by atoms with Crippen molar-refractivity contribution < 1.29 is 9.18 Å². The summed E-state index contributed by atoms with van der Waals surface area (Å²) in [6.07, 6.45) is 3.29. The molecule has 0 saturated heterocycles. The first-order valence-electron chi connectivity index (χ1n) is 7.91. The molecule has 1 N–H and O–H groups in total. The number of aromatic nitrogens is 2. The Morgan fingerprint density at radius 1 is 1.04 bits per heavy atom. The van der Waals surface area contributed by atoms with Crippen molar-refractivity contribution in [1.29, 1.82) is 0 Å². The first kappa shape index (κ1) is 16.3. The van der Waals surface area contributed by atoms with Gasteiger partial charge in [0.05, 0.1) is 16.7 Å². The predicted octanol–water partition coefficient (Wildman–Crippen LogP) is 5.05. The fraction of sp³-hybridized carbons (Fsp3) is 0. The Morgan fingerprint density at radius 3 is 2.65 bits per heavy atom. The van der Waals surface area contributed by atoms with Crippen LogP contribution in [-0.2, 0) is 0 Å². The van der Waals surface area contributed by atoms with E-state index in [0.29, 0.717) is 27.9 Å². The van der Waals surface area contributed by atoms with Crippen molar-refractivity contribution in [3.05, 3.63) is 89.5 Å². The Morgan fingerprint density at radius 2 is 1.85 bits per heavy atom. The molecule has 0 atom stereocenters. The SMILES string of the molecule is O=C(Nc1ccccc1)c1ccn2ncc(-c3cccc(F)c3Cl)c2c1. The maximum Gasteiger partial charge on any atom is 0.255 e. The molecule has 1 amide bonds. The van der Waals surface area contributed by atoms with Crippen LogP contribution in [0.4, 0.5) is 10.1 Å². The molecule has 4 nitrogen and oxygen atoms in total. The van der Waals surface area contributed by atoms with Gasteiger partial charge in [0.2, 0.25) is 0 Å². The lowest BCUT2D eigenvalue weighted by molar-refractivity contribution is 0.102. The number of hydrogen-bond acceptors (Lipinski definition) is 2. The van der Waals surface area contributed by atoms with Crippen LogP contribution in [0.1, 0.15) is 10.4 Å². The van der Waals surface area contributed by atoms with Crippen LogP contribution in [0, 0.1) is 5.82 Å². The molecule has 0 radical (unpaired) electrons. The van der Waals surface area contributed by atoms with Gasteiger partial charge in [0, 0.05) is 28.6 Å². The van der Waals surface area contributed by atoms with Crippen molar-refractivity contribution in [2.75, 3.05) is 5.32 Å². The van der Waals surface area contributed by atoms with Crippen LogP contribution in [0.15, 0.2) is 73.1 Å². The molecule has 0 bridgehead atoms. The lowest BCUT2D eigenvalue weighted by Crippen LogP contribution is -2.12. The molecule has 2 aromatic heterocycles. The van der Waals surface area contributed by atoms with Gasteiger partial charge in [-0.1, -0.05) is 41.9 Å². The summed E-state index contributed by atoms with van der Waals surface area (Å²) in [4.78, 5) is 12.5. The predicted molar refractivity (Wildman–Crippen MR) is 100.0 cm³/mol. The first-order chi connectivity index (χ1) is 12.6. The van der Waals surface area contributed by atoms with Crippen LogP contribution in [0.25, 0.3) is 16.6 Å². The van der Waals surface area contributed by atoms with Gasteiger partial charge in [-0.3, -0.25) is 4.79 Å². The Balaban J connectivity index is 1.75. The number of nitrogens with one attached hydrogen (secondary N) is 1. The summed E-state index contributed by atoms with van der Waals surface area (Å²) in [5.74, 6) is -0.738. The zero-order valence-corrected chi connectivity index (χ0v) is 14.2. The van der Waals surface area contributed by atoms with Crippen molar-refractivity contribution in [1.82, 2.24) is 9.61 Å². The van der Waals surface area contributed by atoms with Crippen LogP contribution in [0.5, 0.6) is 0 Å². The number of carbonyl (C=O) groups excluding carboxylic acids is 1. The number of pyridine rings is 1. The summed E-state index contributed by atoms with van der Waals surface area (Å²) in [5, 5.41) is 7.12. The standard InChI is InChI=1S/C20H13ClFN3O/c21-19-15(7-4-8-17(19)22)16-12-23-25-10-9-13(11-18(16)25)20(26)24-14-5-2-1-3-6-14/h1-12H,(H,24,26). The van der Waals surface area contributed by atoms with E-state index in [9.17, 15) is 9.18 Å². The van der Waals surface area contributed by atoms with E-state index in [-0.39, 0.29) is 10.9 Å². The highest BCUT2D eigenvalue weighted by Gasteiger charge is 2.15. The summed E-state index contributed by atoms with van der Waals surface area (Å²) in [6, 6.07) is 17.2. The van der Waals surface area contributed by atoms with Gasteiger partial charge in [0.15, 0.2) is 0 Å². The highest BCUT2D eigenvalue weighted by Crippen LogP contribution is 2.32. The van der Waals surface area contributed by atoms with E-state index >= 15 is 0 Å². The number of carbonyl (C=O) groups is 1. The number of rotatable bonds is 3. The zero-order chi connectivity index (χ0) is 18.1. The molecule has 0 unspecified atom stereocenters. The highest BCUT2D eigenvalue weighted by molar-refractivity contribution is 6.33. The number of nitrogens with zero attached hydrogens (tertiary/aromatic N) is 2. The fourth-order valence-electron chi connectivity index (χ4n) is 2.77. The van der Waals surface area contributed by atoms with Crippen molar-refractivity contribution in [3.63, 3.8) is 0 Å². The molecule has 2 aromatic carbocycles. The van der Waals surface area contributed by atoms with Gasteiger partial charge in [0.1, 0.15) is 5.82 Å². The molecule has 4 aromatic rings. The maximum atomic E-state index is 13.8. The average molecular weight is 366 g/mol. The van der Waals surface area contributed by atoms with E-state index < -0.39 is 5.82 Å². The molecule has 0 fully saturated rings. The third-order valence-electron chi connectivity index (χ3n) is 4.06. The normalized spacial score (nSPS) is 10.8. The van der Waals surface area contributed by atoms with Crippen LogP contribution in [-0.4, -0.2) is 15.5 Å². The van der Waals surface area contributed by atoms with Gasteiger partial charge >= 0.3 is 0 Å². The minimum atomic E-state index is -0.499. The molecule has 128 valence electrons. The third kappa shape index (κ3) is 2.93. The summed E-state index contributed by atoms with van der Waals surface area (Å²) < 4.78 is 15.4. The third-order valence-corrected chi connectivity index (χ3v) is 4.44. The Kier molecular flexibility index (Phi) is 4.14. The van der Waals surface area contributed by atoms with Crippen molar-refractivity contribution in [2.24, 2.45) is 0 Å². The molecule has 0 aliphatic carbocycles. The van der Waals surface area contributed by atoms with Crippen molar-refractivity contribution in [2.45, 2.75) is 0 Å². The highest BCUT2D eigenvalue weighted by atomic mass is 35.5. The van der Waals surface area contributed by atoms with Crippen LogP contribution in [0.3, 0.4) is 0 Å². The maximum absolute atomic E-state index is 13.8. The van der Waals surface area contributed by atoms with E-state index in [1.807, 2.05) is 30.3 Å². The number of para-hydroxylation sites is 1. The monoisotopic (exact) mass is 365 g/mol. The molecule has 26 heavy (non-hydrogen) atoms. The number of halogens is 2. The number of fused-ring (bicyclic) bond motifs is 1. The minimum absolute atomic E-state index is 0.0292. The molecular formula is C20H13ClFN3O. The quantitative estimate of drug-likeness (QED) is 0.552. The summed E-state index contributed by atoms with van der Waals surface area (Å²) in [5.41, 5.74) is 3.03. The average Bonchev–Trinajstić information content (AvgIpc) is 3.08. The molecular weight excluding hydrogens is 353 g/mol. The molecule has 0 spiro atoms. The van der Waals surface area contributed by atoms with E-state index in [1.165, 1.54) is 6.07 Å². The Bertz CT molecular complexity index is 1110. The van der Waals surface area contributed by atoms with Crippen LogP contribution in [0.2, 0.25) is 5.02 Å². The second kappa shape index (κ2) is 6.61. The number of anilines is 1. The molecule has 0 aliphatic heterocycles. The van der Waals surface area contributed by atoms with Gasteiger partial charge in [-0.15, -0.1) is 0 Å². The van der Waals surface area contributed by atoms with E-state index in [0.717, 1.165) is 0 Å². The zero-order valence-electron chi connectivity index (χ0n) is 13.5. The van der Waals surface area contributed by atoms with E-state index in [2.05, 4.69) is 10.4 Å². The smallest absolute Gasteiger partial charge is 0.255 e. The molecule has 2 heterocycles. The topological polar surface area (TPSA) is 46.4 Å². The van der Waals surface area contributed by atoms with Gasteiger partial charge in [0.25, 0.3) is 5.91 Å². The molecule has 4 rings (SSSR count). The second-order valence-corrected chi connectivity index (χ2v) is 6.10. The lowest BCUT2D eigenvalue weighted by Gasteiger charge is -2.07. The molecule has 0 aliphatic rings. The van der Waals surface area contributed by atoms with E-state index in [4.69, 9.17) is 11.6 Å². The number of amides is 1. The Labute approximate surface area is 153 Å². The van der Waals surface area contributed by atoms with Gasteiger partial charge in [-0.2, -0.15) is 5.10 Å². The van der Waals surface area contributed by atoms with E-state index in [1.54, 1.807) is 41.2 Å². The number of benzene rings is 2. The summed E-state index contributed by atoms with van der Waals surface area (Å²) in [6.45, 7) is 0. The van der Waals surface area contributed by atoms with Gasteiger partial charge < -0.3 is 5.32 Å². The molecule has 0 saturated carbocycles. The second-order valence-electron chi connectivity index (χ2n) is 5.72. The number of hydrogen-bond donors (Lipinski definition) is 1. The fourth-order valence-corrected chi connectivity index (χ4v) is 2.99. The van der Waals surface area contributed by atoms with Crippen LogP contribution < -0.4 is 5.32 Å². The van der Waals surface area contributed by atoms with Crippen molar-refractivity contribution in [3.8, 4) is 11.1 Å². The summed E-state index contributed by atoms with van der Waals surface area (Å²) >= 11 is 6.10. The van der Waals surface area contributed by atoms with Crippen LogP contribution >= 0.6 is 11.6 Å². The van der Waals surface area contributed by atoms with Crippen molar-refractivity contribution >= 4 is 28.7 Å². The summed E-state index contributed by atoms with van der Waals surface area (Å²) in [7, 11) is 0. The largest absolute Gasteiger partial charge is 0.322 e. The van der Waals surface area contributed by atoms with Gasteiger partial charge in [-0.25, -0.2) is 8.91 Å².